The summed E-state index contributed by atoms with van der Waals surface area (Å²) in [6.45, 7) is 1.87. The molecule has 0 atom stereocenters. The van der Waals surface area contributed by atoms with Crippen molar-refractivity contribution in [3.05, 3.63) is 34.8 Å². The predicted molar refractivity (Wildman–Crippen MR) is 71.3 cm³/mol. The van der Waals surface area contributed by atoms with E-state index in [2.05, 4.69) is 28.1 Å². The van der Waals surface area contributed by atoms with Crippen LogP contribution in [-0.4, -0.2) is 19.1 Å². The lowest BCUT2D eigenvalue weighted by Gasteiger charge is -2.11. The van der Waals surface area contributed by atoms with Gasteiger partial charge in [-0.05, 0) is 31.2 Å². The third-order valence-corrected chi connectivity index (χ3v) is 3.64. The topological polar surface area (TPSA) is 39.9 Å². The molecule has 0 aliphatic carbocycles. The predicted octanol–water partition coefficient (Wildman–Crippen LogP) is 3.06. The minimum absolute atomic E-state index is 0.691. The van der Waals surface area contributed by atoms with Crippen molar-refractivity contribution in [3.63, 3.8) is 0 Å². The molecule has 0 saturated heterocycles. The Morgan fingerprint density at radius 1 is 1.24 bits per heavy atom. The van der Waals surface area contributed by atoms with Gasteiger partial charge in [0.05, 0.1) is 5.69 Å². The van der Waals surface area contributed by atoms with Crippen molar-refractivity contribution < 1.29 is 0 Å². The molecule has 0 saturated carbocycles. The molecule has 3 nitrogen and oxygen atoms in total. The summed E-state index contributed by atoms with van der Waals surface area (Å²) in [6.07, 6.45) is 0. The molecule has 0 spiro atoms. The van der Waals surface area contributed by atoms with E-state index in [1.165, 1.54) is 11.3 Å². The van der Waals surface area contributed by atoms with Crippen molar-refractivity contribution in [1.82, 2.24) is 4.98 Å². The van der Waals surface area contributed by atoms with E-state index in [9.17, 15) is 0 Å². The normalized spacial score (nSPS) is 10.0. The first-order chi connectivity index (χ1) is 8.11. The molecule has 0 radical (unpaired) electrons. The van der Waals surface area contributed by atoms with Crippen LogP contribution in [0.5, 0.6) is 0 Å². The molecule has 86 valence electrons. The quantitative estimate of drug-likeness (QED) is 0.814. The lowest BCUT2D eigenvalue weighted by molar-refractivity contribution is 1.13. The van der Waals surface area contributed by atoms with E-state index in [0.29, 0.717) is 4.88 Å². The summed E-state index contributed by atoms with van der Waals surface area (Å²) in [5, 5.41) is 9.82. The molecular formula is C13H13N3S. The Hall–Kier alpha value is -1.86. The lowest BCUT2D eigenvalue weighted by atomic mass is 10.2. The Labute approximate surface area is 105 Å². The van der Waals surface area contributed by atoms with Gasteiger partial charge in [-0.25, -0.2) is 4.98 Å². The number of aryl methyl sites for hydroxylation is 1. The van der Waals surface area contributed by atoms with Crippen LogP contribution in [0.15, 0.2) is 24.3 Å². The second kappa shape index (κ2) is 4.56. The molecule has 0 aliphatic heterocycles. The Morgan fingerprint density at radius 2 is 1.88 bits per heavy atom. The summed E-state index contributed by atoms with van der Waals surface area (Å²) in [4.78, 5) is 7.15. The molecule has 1 aromatic heterocycles. The van der Waals surface area contributed by atoms with E-state index in [-0.39, 0.29) is 0 Å². The van der Waals surface area contributed by atoms with Crippen molar-refractivity contribution in [2.45, 2.75) is 6.92 Å². The molecule has 4 heteroatoms. The molecular weight excluding hydrogens is 230 g/mol. The van der Waals surface area contributed by atoms with Gasteiger partial charge in [0.25, 0.3) is 0 Å². The summed E-state index contributed by atoms with van der Waals surface area (Å²) in [5.74, 6) is 0. The van der Waals surface area contributed by atoms with Crippen molar-refractivity contribution in [3.8, 4) is 16.6 Å². The van der Waals surface area contributed by atoms with Crippen LogP contribution >= 0.6 is 11.3 Å². The molecule has 2 aromatic rings. The summed E-state index contributed by atoms with van der Waals surface area (Å²) < 4.78 is 0. The van der Waals surface area contributed by atoms with Crippen LogP contribution in [0.2, 0.25) is 0 Å². The zero-order valence-electron chi connectivity index (χ0n) is 10.1. The summed E-state index contributed by atoms with van der Waals surface area (Å²) in [5.41, 5.74) is 3.02. The first-order valence-electron chi connectivity index (χ1n) is 5.27. The van der Waals surface area contributed by atoms with E-state index < -0.39 is 0 Å². The number of nitrogens with zero attached hydrogens (tertiary/aromatic N) is 3. The van der Waals surface area contributed by atoms with E-state index in [1.807, 2.05) is 33.2 Å². The number of aromatic nitrogens is 1. The van der Waals surface area contributed by atoms with Crippen LogP contribution in [0.4, 0.5) is 5.69 Å². The molecule has 2 rings (SSSR count). The summed E-state index contributed by atoms with van der Waals surface area (Å²) in [7, 11) is 4.02. The van der Waals surface area contributed by atoms with Gasteiger partial charge in [0, 0.05) is 25.3 Å². The minimum atomic E-state index is 0.691. The summed E-state index contributed by atoms with van der Waals surface area (Å²) in [6, 6.07) is 10.3. The highest BCUT2D eigenvalue weighted by molar-refractivity contribution is 7.15. The van der Waals surface area contributed by atoms with Crippen LogP contribution in [0.25, 0.3) is 10.6 Å². The highest BCUT2D eigenvalue weighted by Crippen LogP contribution is 2.28. The second-order valence-electron chi connectivity index (χ2n) is 3.99. The number of rotatable bonds is 2. The van der Waals surface area contributed by atoms with E-state index >= 15 is 0 Å². The zero-order chi connectivity index (χ0) is 12.4. The maximum atomic E-state index is 8.91. The molecule has 1 aromatic carbocycles. The molecule has 0 N–H and O–H groups in total. The van der Waals surface area contributed by atoms with Crippen molar-refractivity contribution in [2.24, 2.45) is 0 Å². The van der Waals surface area contributed by atoms with E-state index in [4.69, 9.17) is 5.26 Å². The highest BCUT2D eigenvalue weighted by Gasteiger charge is 2.08. The van der Waals surface area contributed by atoms with Crippen LogP contribution in [-0.2, 0) is 0 Å². The Morgan fingerprint density at radius 3 is 2.35 bits per heavy atom. The first kappa shape index (κ1) is 11.6. The molecule has 0 fully saturated rings. The third-order valence-electron chi connectivity index (χ3n) is 2.53. The number of hydrogen-bond donors (Lipinski definition) is 0. The van der Waals surface area contributed by atoms with Crippen LogP contribution < -0.4 is 4.90 Å². The largest absolute Gasteiger partial charge is 0.378 e. The second-order valence-corrected chi connectivity index (χ2v) is 4.99. The number of benzene rings is 1. The maximum Gasteiger partial charge on any atom is 0.128 e. The summed E-state index contributed by atoms with van der Waals surface area (Å²) >= 11 is 1.44. The monoisotopic (exact) mass is 243 g/mol. The number of thiazole rings is 1. The molecule has 1 heterocycles. The SMILES string of the molecule is Cc1nc(-c2ccc(N(C)C)cc2)sc1C#N. The average molecular weight is 243 g/mol. The zero-order valence-corrected chi connectivity index (χ0v) is 10.9. The highest BCUT2D eigenvalue weighted by atomic mass is 32.1. The van der Waals surface area contributed by atoms with Crippen LogP contribution in [0.1, 0.15) is 10.6 Å². The van der Waals surface area contributed by atoms with Gasteiger partial charge in [-0.1, -0.05) is 0 Å². The molecule has 0 amide bonds. The molecule has 0 bridgehead atoms. The van der Waals surface area contributed by atoms with Gasteiger partial charge < -0.3 is 4.90 Å². The molecule has 0 aliphatic rings. The lowest BCUT2D eigenvalue weighted by Crippen LogP contribution is -2.07. The Kier molecular flexibility index (Phi) is 3.12. The van der Waals surface area contributed by atoms with Crippen molar-refractivity contribution in [1.29, 1.82) is 5.26 Å². The van der Waals surface area contributed by atoms with Gasteiger partial charge in [0.2, 0.25) is 0 Å². The van der Waals surface area contributed by atoms with Gasteiger partial charge >= 0.3 is 0 Å². The minimum Gasteiger partial charge on any atom is -0.378 e. The standard InChI is InChI=1S/C13H13N3S/c1-9-12(8-14)17-13(15-9)10-4-6-11(7-5-10)16(2)3/h4-7H,1-3H3. The average Bonchev–Trinajstić information content (AvgIpc) is 2.70. The van der Waals surface area contributed by atoms with Gasteiger partial charge in [-0.2, -0.15) is 5.26 Å². The Bertz CT molecular complexity index is 561. The fourth-order valence-corrected chi connectivity index (χ4v) is 2.39. The number of hydrogen-bond acceptors (Lipinski definition) is 4. The Balaban J connectivity index is 2.37. The van der Waals surface area contributed by atoms with Gasteiger partial charge in [0.1, 0.15) is 16.0 Å². The van der Waals surface area contributed by atoms with E-state index in [0.717, 1.165) is 22.0 Å². The molecule has 17 heavy (non-hydrogen) atoms. The van der Waals surface area contributed by atoms with Crippen LogP contribution in [0, 0.1) is 18.3 Å². The number of nitriles is 1. The van der Waals surface area contributed by atoms with Gasteiger partial charge in [-0.15, -0.1) is 11.3 Å². The van der Waals surface area contributed by atoms with Gasteiger partial charge in [-0.3, -0.25) is 0 Å². The molecule has 0 unspecified atom stereocenters. The smallest absolute Gasteiger partial charge is 0.128 e. The van der Waals surface area contributed by atoms with Gasteiger partial charge in [0.15, 0.2) is 0 Å². The fraction of sp³-hybridized carbons (Fsp3) is 0.231. The number of anilines is 1. The third kappa shape index (κ3) is 2.29. The first-order valence-corrected chi connectivity index (χ1v) is 6.08. The van der Waals surface area contributed by atoms with Crippen LogP contribution in [0.3, 0.4) is 0 Å². The fourth-order valence-electron chi connectivity index (χ4n) is 1.53. The maximum absolute atomic E-state index is 8.91. The van der Waals surface area contributed by atoms with Crippen molar-refractivity contribution in [2.75, 3.05) is 19.0 Å². The van der Waals surface area contributed by atoms with E-state index in [1.54, 1.807) is 0 Å². The van der Waals surface area contributed by atoms with Crippen molar-refractivity contribution >= 4 is 17.0 Å².